The van der Waals surface area contributed by atoms with Gasteiger partial charge in [-0.1, -0.05) is 127 Å². The molecule has 4 nitrogen and oxygen atoms in total. The summed E-state index contributed by atoms with van der Waals surface area (Å²) >= 11 is 0. The summed E-state index contributed by atoms with van der Waals surface area (Å²) in [5, 5.41) is 3.43. The van der Waals surface area contributed by atoms with E-state index >= 15 is 0 Å². The predicted octanol–water partition coefficient (Wildman–Crippen LogP) is 10.9. The second-order valence-corrected chi connectivity index (χ2v) is 12.2. The fourth-order valence-electron chi connectivity index (χ4n) is 6.39. The Hall–Kier alpha value is -6.39. The number of allylic oxidation sites excluding steroid dienone is 2. The number of pyridine rings is 1. The lowest BCUT2D eigenvalue weighted by molar-refractivity contribution is 0.746. The van der Waals surface area contributed by atoms with Crippen LogP contribution in [0.3, 0.4) is 0 Å². The van der Waals surface area contributed by atoms with Gasteiger partial charge in [-0.3, -0.25) is 4.98 Å². The lowest BCUT2D eigenvalue weighted by Gasteiger charge is -2.17. The van der Waals surface area contributed by atoms with Crippen LogP contribution >= 0.6 is 0 Å². The molecule has 0 fully saturated rings. The molecule has 49 heavy (non-hydrogen) atoms. The van der Waals surface area contributed by atoms with E-state index in [-0.39, 0.29) is 6.04 Å². The summed E-state index contributed by atoms with van der Waals surface area (Å²) in [4.78, 5) is 15.1. The normalized spacial score (nSPS) is 13.6. The number of hydrogen-bond donors (Lipinski definition) is 1. The Balaban J connectivity index is 1.28. The first-order valence-corrected chi connectivity index (χ1v) is 16.6. The Labute approximate surface area is 287 Å². The number of nitrogens with one attached hydrogen (secondary N) is 1. The predicted molar refractivity (Wildman–Crippen MR) is 201 cm³/mol. The molecule has 7 aromatic rings. The van der Waals surface area contributed by atoms with Crippen molar-refractivity contribution in [1.29, 1.82) is 0 Å². The zero-order chi connectivity index (χ0) is 33.0. The summed E-state index contributed by atoms with van der Waals surface area (Å²) in [7, 11) is 0. The summed E-state index contributed by atoms with van der Waals surface area (Å²) in [6, 6.07) is 51.1. The molecule has 0 amide bonds. The van der Waals surface area contributed by atoms with Crippen molar-refractivity contribution in [3.05, 3.63) is 187 Å². The lowest BCUT2D eigenvalue weighted by atomic mass is 9.93. The lowest BCUT2D eigenvalue weighted by Crippen LogP contribution is -2.14. The number of rotatable bonds is 7. The largest absolute Gasteiger partial charge is 0.381 e. The van der Waals surface area contributed by atoms with Crippen LogP contribution in [0.1, 0.15) is 17.2 Å². The van der Waals surface area contributed by atoms with Gasteiger partial charge in [0.1, 0.15) is 0 Å². The van der Waals surface area contributed by atoms with Crippen LogP contribution in [0, 0.1) is 6.92 Å². The second-order valence-electron chi connectivity index (χ2n) is 12.2. The molecular weight excluding hydrogens is 597 g/mol. The third kappa shape index (κ3) is 6.32. The summed E-state index contributed by atoms with van der Waals surface area (Å²) < 4.78 is 0. The minimum Gasteiger partial charge on any atom is -0.381 e. The van der Waals surface area contributed by atoms with E-state index in [4.69, 9.17) is 9.97 Å². The number of dihydropyridines is 1. The summed E-state index contributed by atoms with van der Waals surface area (Å²) in [6.07, 6.45) is 10.1. The first-order chi connectivity index (χ1) is 24.2. The minimum atomic E-state index is 0.160. The van der Waals surface area contributed by atoms with Crippen LogP contribution in [-0.2, 0) is 0 Å². The van der Waals surface area contributed by atoms with Gasteiger partial charge in [-0.15, -0.1) is 0 Å². The maximum atomic E-state index is 5.26. The van der Waals surface area contributed by atoms with Crippen molar-refractivity contribution in [2.45, 2.75) is 13.0 Å². The van der Waals surface area contributed by atoms with Crippen molar-refractivity contribution >= 4 is 0 Å². The van der Waals surface area contributed by atoms with Crippen molar-refractivity contribution in [2.24, 2.45) is 0 Å². The Morgan fingerprint density at radius 1 is 0.490 bits per heavy atom. The monoisotopic (exact) mass is 630 g/mol. The highest BCUT2D eigenvalue weighted by molar-refractivity contribution is 5.82. The van der Waals surface area contributed by atoms with E-state index in [0.717, 1.165) is 67.2 Å². The van der Waals surface area contributed by atoms with Crippen molar-refractivity contribution < 1.29 is 0 Å². The fourth-order valence-corrected chi connectivity index (χ4v) is 6.39. The van der Waals surface area contributed by atoms with E-state index in [2.05, 4.69) is 145 Å². The van der Waals surface area contributed by atoms with Gasteiger partial charge in [-0.25, -0.2) is 9.97 Å². The van der Waals surface area contributed by atoms with Crippen LogP contribution in [0.15, 0.2) is 176 Å². The van der Waals surface area contributed by atoms with E-state index in [0.29, 0.717) is 5.82 Å². The van der Waals surface area contributed by atoms with Crippen LogP contribution in [0.5, 0.6) is 0 Å². The van der Waals surface area contributed by atoms with E-state index in [1.807, 2.05) is 48.8 Å². The Morgan fingerprint density at radius 3 is 1.59 bits per heavy atom. The molecule has 0 spiro atoms. The van der Waals surface area contributed by atoms with Crippen molar-refractivity contribution in [1.82, 2.24) is 20.3 Å². The molecule has 5 aromatic carbocycles. The Kier molecular flexibility index (Phi) is 8.19. The molecule has 1 atom stereocenters. The highest BCUT2D eigenvalue weighted by Gasteiger charge is 2.17. The minimum absolute atomic E-state index is 0.160. The second kappa shape index (κ2) is 13.4. The molecule has 2 aromatic heterocycles. The average molecular weight is 631 g/mol. The number of nitrogens with zero attached hydrogens (tertiary/aromatic N) is 3. The zero-order valence-electron chi connectivity index (χ0n) is 27.2. The van der Waals surface area contributed by atoms with Gasteiger partial charge in [0.25, 0.3) is 0 Å². The highest BCUT2D eigenvalue weighted by Crippen LogP contribution is 2.36. The van der Waals surface area contributed by atoms with E-state index < -0.39 is 0 Å². The summed E-state index contributed by atoms with van der Waals surface area (Å²) in [5.41, 5.74) is 13.7. The molecule has 8 rings (SSSR count). The summed E-state index contributed by atoms with van der Waals surface area (Å²) in [5.74, 6) is 0.691. The molecular formula is C45H34N4. The van der Waals surface area contributed by atoms with Gasteiger partial charge in [0.15, 0.2) is 5.82 Å². The molecule has 0 radical (unpaired) electrons. The van der Waals surface area contributed by atoms with E-state index in [1.54, 1.807) is 0 Å². The van der Waals surface area contributed by atoms with Gasteiger partial charge < -0.3 is 5.32 Å². The van der Waals surface area contributed by atoms with Crippen LogP contribution in [0.4, 0.5) is 0 Å². The van der Waals surface area contributed by atoms with Crippen LogP contribution in [-0.4, -0.2) is 15.0 Å². The van der Waals surface area contributed by atoms with E-state index in [9.17, 15) is 0 Å². The van der Waals surface area contributed by atoms with Crippen LogP contribution in [0.2, 0.25) is 0 Å². The first kappa shape index (κ1) is 30.0. The Morgan fingerprint density at radius 2 is 1.04 bits per heavy atom. The van der Waals surface area contributed by atoms with Crippen molar-refractivity contribution in [3.63, 3.8) is 0 Å². The zero-order valence-corrected chi connectivity index (χ0v) is 27.2. The van der Waals surface area contributed by atoms with Gasteiger partial charge in [-0.2, -0.15) is 0 Å². The van der Waals surface area contributed by atoms with Crippen LogP contribution < -0.4 is 5.32 Å². The fraction of sp³-hybridized carbons (Fsp3) is 0.0444. The smallest absolute Gasteiger partial charge is 0.160 e. The highest BCUT2D eigenvalue weighted by atomic mass is 14.9. The molecule has 0 bridgehead atoms. The third-order valence-corrected chi connectivity index (χ3v) is 9.00. The maximum absolute atomic E-state index is 5.26. The van der Waals surface area contributed by atoms with Gasteiger partial charge >= 0.3 is 0 Å². The average Bonchev–Trinajstić information content (AvgIpc) is 3.19. The number of aromatic nitrogens is 3. The third-order valence-electron chi connectivity index (χ3n) is 9.00. The molecule has 0 saturated heterocycles. The standard InChI is InChI=1S/C45H34N4/c1-31-43(36-12-4-2-5-13-36)48-45(49-44(31)37-14-6-3-7-15-37)40-29-38(32-18-22-34(23-19-32)41-16-8-10-26-46-41)28-39(30-40)33-20-24-35(25-21-33)42-17-9-11-27-47-42/h2-30,41,46H,1H3. The molecule has 0 aliphatic carbocycles. The van der Waals surface area contributed by atoms with Gasteiger partial charge in [-0.05, 0) is 77.3 Å². The van der Waals surface area contributed by atoms with Crippen molar-refractivity contribution in [3.8, 4) is 67.4 Å². The molecule has 3 heterocycles. The van der Waals surface area contributed by atoms with Crippen molar-refractivity contribution in [2.75, 3.05) is 0 Å². The molecule has 4 heteroatoms. The molecule has 1 N–H and O–H groups in total. The SMILES string of the molecule is Cc1c(-c2ccccc2)nc(-c2cc(-c3ccc(-c4ccccn4)cc3)cc(-c3ccc(C4C=CC=CN4)cc3)c2)nc1-c1ccccc1. The molecule has 1 aliphatic rings. The van der Waals surface area contributed by atoms with E-state index in [1.165, 1.54) is 5.56 Å². The first-order valence-electron chi connectivity index (χ1n) is 16.6. The number of benzene rings is 5. The quantitative estimate of drug-likeness (QED) is 0.190. The van der Waals surface area contributed by atoms with Crippen LogP contribution in [0.25, 0.3) is 67.4 Å². The molecule has 0 saturated carbocycles. The topological polar surface area (TPSA) is 50.7 Å². The molecule has 1 unspecified atom stereocenters. The van der Waals surface area contributed by atoms with Gasteiger partial charge in [0, 0.05) is 34.0 Å². The maximum Gasteiger partial charge on any atom is 0.160 e. The number of hydrogen-bond acceptors (Lipinski definition) is 4. The molecule has 234 valence electrons. The molecule has 1 aliphatic heterocycles. The summed E-state index contributed by atoms with van der Waals surface area (Å²) in [6.45, 7) is 2.12. The van der Waals surface area contributed by atoms with Gasteiger partial charge in [0.2, 0.25) is 0 Å². The Bertz CT molecular complexity index is 2210. The van der Waals surface area contributed by atoms with Gasteiger partial charge in [0.05, 0.1) is 23.1 Å².